The number of aromatic hydroxyl groups is 1. The predicted molar refractivity (Wildman–Crippen MR) is 118 cm³/mol. The number of carbonyl (C=O) groups is 2. The number of rotatable bonds is 5. The van der Waals surface area contributed by atoms with Crippen LogP contribution in [-0.4, -0.2) is 33.7 Å². The van der Waals surface area contributed by atoms with Crippen molar-refractivity contribution in [3.63, 3.8) is 0 Å². The van der Waals surface area contributed by atoms with Gasteiger partial charge in [-0.25, -0.2) is 9.18 Å². The first-order valence-corrected chi connectivity index (χ1v) is 10.1. The van der Waals surface area contributed by atoms with Crippen molar-refractivity contribution >= 4 is 22.7 Å². The van der Waals surface area contributed by atoms with E-state index >= 15 is 0 Å². The van der Waals surface area contributed by atoms with E-state index in [1.807, 2.05) is 0 Å². The van der Waals surface area contributed by atoms with Crippen LogP contribution in [0.4, 0.5) is 9.18 Å². The van der Waals surface area contributed by atoms with Crippen molar-refractivity contribution in [3.05, 3.63) is 78.5 Å². The van der Waals surface area contributed by atoms with E-state index in [-0.39, 0.29) is 12.4 Å². The van der Waals surface area contributed by atoms with Crippen molar-refractivity contribution in [3.8, 4) is 22.8 Å². The zero-order chi connectivity index (χ0) is 23.2. The normalized spacial score (nSPS) is 17.8. The fourth-order valence-electron chi connectivity index (χ4n) is 4.17. The monoisotopic (exact) mass is 446 g/mol. The van der Waals surface area contributed by atoms with Crippen molar-refractivity contribution < 1.29 is 23.8 Å². The van der Waals surface area contributed by atoms with Gasteiger partial charge in [0.05, 0.1) is 19.9 Å². The van der Waals surface area contributed by atoms with E-state index < -0.39 is 23.3 Å². The standard InChI is InChI=1S/C24H19FN4O4/c1-33-17-7-4-15-12-29(21(30)19(15)10-17)13-24(22(31)27-23(32)28-24)16-5-2-14(3-6-16)18-8-9-26-11-20(18)25/h2-12,30H,13H2,1H3,(H2,27,28,31,32)/t24-/m0/s1. The molecular formula is C24H19FN4O4. The Morgan fingerprint density at radius 3 is 2.61 bits per heavy atom. The minimum absolute atomic E-state index is 0.0592. The molecule has 3 amide bonds. The summed E-state index contributed by atoms with van der Waals surface area (Å²) in [6.07, 6.45) is 4.32. The van der Waals surface area contributed by atoms with E-state index in [1.54, 1.807) is 54.7 Å². The second-order valence-corrected chi connectivity index (χ2v) is 7.78. The number of aromatic nitrogens is 2. The molecule has 0 saturated carbocycles. The number of ether oxygens (including phenoxy) is 1. The smallest absolute Gasteiger partial charge is 0.322 e. The molecule has 1 fully saturated rings. The highest BCUT2D eigenvalue weighted by Crippen LogP contribution is 2.35. The third-order valence-electron chi connectivity index (χ3n) is 5.88. The minimum Gasteiger partial charge on any atom is -0.497 e. The van der Waals surface area contributed by atoms with Crippen LogP contribution >= 0.6 is 0 Å². The van der Waals surface area contributed by atoms with Gasteiger partial charge in [-0.05, 0) is 35.4 Å². The molecular weight excluding hydrogens is 427 g/mol. The Bertz CT molecular complexity index is 1400. The Kier molecular flexibility index (Phi) is 4.74. The second-order valence-electron chi connectivity index (χ2n) is 7.78. The van der Waals surface area contributed by atoms with Gasteiger partial charge in [-0.3, -0.25) is 15.1 Å². The lowest BCUT2D eigenvalue weighted by Gasteiger charge is -2.27. The molecule has 8 nitrogen and oxygen atoms in total. The summed E-state index contributed by atoms with van der Waals surface area (Å²) >= 11 is 0. The molecule has 5 rings (SSSR count). The molecule has 166 valence electrons. The maximum atomic E-state index is 14.1. The summed E-state index contributed by atoms with van der Waals surface area (Å²) in [4.78, 5) is 28.8. The van der Waals surface area contributed by atoms with Crippen LogP contribution in [0.5, 0.6) is 11.6 Å². The number of fused-ring (bicyclic) bond motifs is 1. The lowest BCUT2D eigenvalue weighted by Crippen LogP contribution is -2.47. The molecule has 0 bridgehead atoms. The van der Waals surface area contributed by atoms with Crippen LogP contribution in [-0.2, 0) is 16.9 Å². The fourth-order valence-corrected chi connectivity index (χ4v) is 4.17. The summed E-state index contributed by atoms with van der Waals surface area (Å²) in [6, 6.07) is 12.8. The fraction of sp³-hybridized carbons (Fsp3) is 0.125. The Labute approximate surface area is 187 Å². The number of nitrogens with zero attached hydrogens (tertiary/aromatic N) is 2. The molecule has 1 atom stereocenters. The molecule has 0 unspecified atom stereocenters. The largest absolute Gasteiger partial charge is 0.497 e. The molecule has 0 aliphatic carbocycles. The number of hydrogen-bond acceptors (Lipinski definition) is 5. The van der Waals surface area contributed by atoms with E-state index in [9.17, 15) is 19.1 Å². The van der Waals surface area contributed by atoms with Gasteiger partial charge in [-0.15, -0.1) is 0 Å². The van der Waals surface area contributed by atoms with Gasteiger partial charge < -0.3 is 19.7 Å². The van der Waals surface area contributed by atoms with Crippen molar-refractivity contribution in [2.24, 2.45) is 0 Å². The summed E-state index contributed by atoms with van der Waals surface area (Å²) < 4.78 is 20.9. The number of methoxy groups -OCH3 is 1. The number of amides is 3. The minimum atomic E-state index is -1.47. The Hall–Kier alpha value is -4.40. The van der Waals surface area contributed by atoms with E-state index in [1.165, 1.54) is 17.9 Å². The van der Waals surface area contributed by atoms with Crippen molar-refractivity contribution in [2.75, 3.05) is 7.11 Å². The lowest BCUT2D eigenvalue weighted by atomic mass is 9.88. The van der Waals surface area contributed by atoms with Crippen LogP contribution in [0.25, 0.3) is 21.9 Å². The number of urea groups is 1. The highest BCUT2D eigenvalue weighted by Gasteiger charge is 2.48. The SMILES string of the molecule is COc1ccc2cn(C[C@@]3(c4ccc(-c5ccncc5F)cc4)NC(=O)NC3=O)c(O)c2c1. The van der Waals surface area contributed by atoms with Gasteiger partial charge >= 0.3 is 6.03 Å². The number of carbonyl (C=O) groups excluding carboxylic acids is 2. The average Bonchev–Trinajstić information content (AvgIpc) is 3.29. The van der Waals surface area contributed by atoms with Gasteiger partial charge in [-0.1, -0.05) is 24.3 Å². The number of pyridine rings is 1. The number of imide groups is 1. The maximum Gasteiger partial charge on any atom is 0.322 e. The Morgan fingerprint density at radius 1 is 1.15 bits per heavy atom. The maximum absolute atomic E-state index is 14.1. The van der Waals surface area contributed by atoms with Gasteiger partial charge in [0.15, 0.2) is 11.4 Å². The van der Waals surface area contributed by atoms with Gasteiger partial charge in [0, 0.05) is 28.7 Å². The van der Waals surface area contributed by atoms with Gasteiger partial charge in [0.1, 0.15) is 11.6 Å². The average molecular weight is 446 g/mol. The van der Waals surface area contributed by atoms with E-state index in [0.29, 0.717) is 27.8 Å². The van der Waals surface area contributed by atoms with E-state index in [2.05, 4.69) is 15.6 Å². The zero-order valence-corrected chi connectivity index (χ0v) is 17.5. The molecule has 1 saturated heterocycles. The van der Waals surface area contributed by atoms with Crippen LogP contribution < -0.4 is 15.4 Å². The van der Waals surface area contributed by atoms with Crippen molar-refractivity contribution in [2.45, 2.75) is 12.1 Å². The van der Waals surface area contributed by atoms with Crippen LogP contribution in [0, 0.1) is 5.82 Å². The third kappa shape index (κ3) is 3.34. The number of benzene rings is 2. The molecule has 33 heavy (non-hydrogen) atoms. The number of hydrogen-bond donors (Lipinski definition) is 3. The molecule has 0 spiro atoms. The van der Waals surface area contributed by atoms with Crippen LogP contribution in [0.1, 0.15) is 5.56 Å². The van der Waals surface area contributed by atoms with Gasteiger partial charge in [0.2, 0.25) is 0 Å². The first-order valence-electron chi connectivity index (χ1n) is 10.1. The quantitative estimate of drug-likeness (QED) is 0.408. The Balaban J connectivity index is 1.57. The number of nitrogens with one attached hydrogen (secondary N) is 2. The van der Waals surface area contributed by atoms with Crippen molar-refractivity contribution in [1.29, 1.82) is 0 Å². The van der Waals surface area contributed by atoms with Crippen LogP contribution in [0.15, 0.2) is 67.1 Å². The van der Waals surface area contributed by atoms with E-state index in [0.717, 1.165) is 11.6 Å². The molecule has 2 aromatic heterocycles. The molecule has 9 heteroatoms. The summed E-state index contributed by atoms with van der Waals surface area (Å²) in [6.45, 7) is -0.0592. The summed E-state index contributed by atoms with van der Waals surface area (Å²) in [5.74, 6) is -0.500. The van der Waals surface area contributed by atoms with Gasteiger partial charge in [0.25, 0.3) is 5.91 Å². The van der Waals surface area contributed by atoms with E-state index in [4.69, 9.17) is 4.74 Å². The molecule has 4 aromatic rings. The highest BCUT2D eigenvalue weighted by atomic mass is 19.1. The second kappa shape index (κ2) is 7.63. The van der Waals surface area contributed by atoms with Crippen molar-refractivity contribution in [1.82, 2.24) is 20.2 Å². The molecule has 3 heterocycles. The van der Waals surface area contributed by atoms with Gasteiger partial charge in [-0.2, -0.15) is 0 Å². The first kappa shape index (κ1) is 20.5. The molecule has 3 N–H and O–H groups in total. The zero-order valence-electron chi connectivity index (χ0n) is 17.5. The molecule has 1 aliphatic rings. The summed E-state index contributed by atoms with van der Waals surface area (Å²) in [7, 11) is 1.53. The Morgan fingerprint density at radius 2 is 1.94 bits per heavy atom. The van der Waals surface area contributed by atoms with Crippen LogP contribution in [0.2, 0.25) is 0 Å². The number of halogens is 1. The summed E-state index contributed by atoms with van der Waals surface area (Å²) in [5, 5.41) is 17.1. The molecule has 2 aromatic carbocycles. The summed E-state index contributed by atoms with van der Waals surface area (Å²) in [5.41, 5.74) is -0.0176. The topological polar surface area (TPSA) is 105 Å². The first-order chi connectivity index (χ1) is 15.9. The highest BCUT2D eigenvalue weighted by molar-refractivity contribution is 6.07. The molecule has 1 aliphatic heterocycles. The predicted octanol–water partition coefficient (Wildman–Crippen LogP) is 3.29. The third-order valence-corrected chi connectivity index (χ3v) is 5.88. The molecule has 0 radical (unpaired) electrons. The van der Waals surface area contributed by atoms with Crippen LogP contribution in [0.3, 0.4) is 0 Å². The lowest BCUT2D eigenvalue weighted by molar-refractivity contribution is -0.124.